The number of hydrogen-bond acceptors (Lipinski definition) is 6. The molecule has 3 aromatic heterocycles. The predicted molar refractivity (Wildman–Crippen MR) is 109 cm³/mol. The van der Waals surface area contributed by atoms with Crippen LogP contribution in [0.5, 0.6) is 0 Å². The lowest BCUT2D eigenvalue weighted by molar-refractivity contribution is 0.115. The number of aliphatic hydroxyl groups is 1. The zero-order chi connectivity index (χ0) is 18.4. The highest BCUT2D eigenvalue weighted by Crippen LogP contribution is 2.42. The van der Waals surface area contributed by atoms with Crippen LogP contribution in [0.15, 0.2) is 24.5 Å². The Bertz CT molecular complexity index is 969. The molecule has 5 nitrogen and oxygen atoms in total. The van der Waals surface area contributed by atoms with Gasteiger partial charge in [0.1, 0.15) is 10.6 Å². The number of nitrogens with zero attached hydrogens (tertiary/aromatic N) is 4. The van der Waals surface area contributed by atoms with Crippen LogP contribution in [0.1, 0.15) is 36.6 Å². The van der Waals surface area contributed by atoms with E-state index in [1.807, 2.05) is 36.6 Å². The molecule has 0 amide bonds. The predicted octanol–water partition coefficient (Wildman–Crippen LogP) is 3.84. The summed E-state index contributed by atoms with van der Waals surface area (Å²) in [5.41, 5.74) is 2.42. The molecule has 1 fully saturated rings. The third-order valence-electron chi connectivity index (χ3n) is 5.90. The fraction of sp³-hybridized carbons (Fsp3) is 0.476. The van der Waals surface area contributed by atoms with E-state index in [1.54, 1.807) is 6.20 Å². The molecule has 1 aliphatic heterocycles. The van der Waals surface area contributed by atoms with Gasteiger partial charge in [0.05, 0.1) is 11.5 Å². The number of aromatic nitrogens is 3. The highest BCUT2D eigenvalue weighted by molar-refractivity contribution is 7.19. The van der Waals surface area contributed by atoms with Crippen LogP contribution in [0.2, 0.25) is 0 Å². The molecule has 140 valence electrons. The van der Waals surface area contributed by atoms with Gasteiger partial charge >= 0.3 is 0 Å². The fourth-order valence-corrected chi connectivity index (χ4v) is 5.68. The normalized spacial score (nSPS) is 20.8. The van der Waals surface area contributed by atoms with Crippen molar-refractivity contribution in [1.82, 2.24) is 15.0 Å². The average molecular weight is 381 g/mol. The average Bonchev–Trinajstić information content (AvgIpc) is 3.29. The van der Waals surface area contributed by atoms with E-state index < -0.39 is 0 Å². The Balaban J connectivity index is 1.66. The Morgan fingerprint density at radius 2 is 2.19 bits per heavy atom. The number of hydrogen-bond donors (Lipinski definition) is 1. The molecular weight excluding hydrogens is 356 g/mol. The molecule has 0 aromatic carbocycles. The summed E-state index contributed by atoms with van der Waals surface area (Å²) >= 11 is 1.83. The second-order valence-electron chi connectivity index (χ2n) is 7.74. The van der Waals surface area contributed by atoms with E-state index in [0.29, 0.717) is 5.92 Å². The van der Waals surface area contributed by atoms with Crippen molar-refractivity contribution in [2.75, 3.05) is 18.0 Å². The van der Waals surface area contributed by atoms with Crippen LogP contribution in [0.3, 0.4) is 0 Å². The Labute approximate surface area is 163 Å². The van der Waals surface area contributed by atoms with Gasteiger partial charge in [0.2, 0.25) is 0 Å². The van der Waals surface area contributed by atoms with Crippen molar-refractivity contribution in [1.29, 1.82) is 0 Å². The zero-order valence-electron chi connectivity index (χ0n) is 15.6. The van der Waals surface area contributed by atoms with Gasteiger partial charge in [-0.3, -0.25) is 4.98 Å². The smallest absolute Gasteiger partial charge is 0.164 e. The molecule has 2 atom stereocenters. The Kier molecular flexibility index (Phi) is 4.32. The maximum atomic E-state index is 10.1. The third kappa shape index (κ3) is 3.01. The van der Waals surface area contributed by atoms with Gasteiger partial charge in [-0.05, 0) is 56.7 Å². The molecule has 6 heteroatoms. The van der Waals surface area contributed by atoms with E-state index in [-0.39, 0.29) is 6.10 Å². The molecule has 0 radical (unpaired) electrons. The monoisotopic (exact) mass is 380 g/mol. The second kappa shape index (κ2) is 6.84. The number of fused-ring (bicyclic) bond motifs is 3. The largest absolute Gasteiger partial charge is 0.393 e. The van der Waals surface area contributed by atoms with Crippen molar-refractivity contribution in [2.24, 2.45) is 5.92 Å². The van der Waals surface area contributed by atoms with E-state index in [4.69, 9.17) is 9.97 Å². The van der Waals surface area contributed by atoms with Crippen molar-refractivity contribution in [3.05, 3.63) is 35.0 Å². The molecule has 27 heavy (non-hydrogen) atoms. The van der Waals surface area contributed by atoms with Crippen LogP contribution in [0.25, 0.3) is 21.6 Å². The first-order chi connectivity index (χ1) is 13.2. The van der Waals surface area contributed by atoms with Gasteiger partial charge in [0, 0.05) is 41.8 Å². The van der Waals surface area contributed by atoms with Crippen LogP contribution in [-0.4, -0.2) is 39.3 Å². The summed E-state index contributed by atoms with van der Waals surface area (Å²) in [4.78, 5) is 19.2. The van der Waals surface area contributed by atoms with Gasteiger partial charge in [0.15, 0.2) is 5.82 Å². The minimum atomic E-state index is -0.281. The van der Waals surface area contributed by atoms with Crippen LogP contribution in [-0.2, 0) is 12.8 Å². The molecule has 0 saturated carbocycles. The van der Waals surface area contributed by atoms with Crippen LogP contribution < -0.4 is 4.90 Å². The number of piperidine rings is 1. The number of rotatable bonds is 3. The van der Waals surface area contributed by atoms with Crippen molar-refractivity contribution in [3.8, 4) is 11.4 Å². The van der Waals surface area contributed by atoms with Gasteiger partial charge < -0.3 is 10.0 Å². The lowest BCUT2D eigenvalue weighted by Gasteiger charge is -2.35. The minimum absolute atomic E-state index is 0.281. The highest BCUT2D eigenvalue weighted by Gasteiger charge is 2.29. The molecule has 0 spiro atoms. The summed E-state index contributed by atoms with van der Waals surface area (Å²) < 4.78 is 0. The summed E-state index contributed by atoms with van der Waals surface area (Å²) in [5.74, 6) is 2.12. The van der Waals surface area contributed by atoms with Crippen molar-refractivity contribution >= 4 is 27.4 Å². The van der Waals surface area contributed by atoms with E-state index >= 15 is 0 Å². The second-order valence-corrected chi connectivity index (χ2v) is 8.82. The molecule has 1 saturated heterocycles. The van der Waals surface area contributed by atoms with Gasteiger partial charge in [0.25, 0.3) is 0 Å². The molecule has 5 rings (SSSR count). The first-order valence-electron chi connectivity index (χ1n) is 9.86. The lowest BCUT2D eigenvalue weighted by Crippen LogP contribution is -2.40. The van der Waals surface area contributed by atoms with E-state index in [0.717, 1.165) is 60.8 Å². The zero-order valence-corrected chi connectivity index (χ0v) is 16.4. The van der Waals surface area contributed by atoms with Crippen molar-refractivity contribution in [3.63, 3.8) is 0 Å². The van der Waals surface area contributed by atoms with E-state index in [9.17, 15) is 5.11 Å². The van der Waals surface area contributed by atoms with E-state index in [1.165, 1.54) is 22.2 Å². The van der Waals surface area contributed by atoms with Crippen LogP contribution >= 0.6 is 11.3 Å². The Morgan fingerprint density at radius 1 is 1.26 bits per heavy atom. The standard InChI is InChI=1S/C21H24N4OS/c1-13(26)15-6-4-10-25(12-15)20-18-16-7-2-8-17(16)27-21(18)24-19(23-20)14-5-3-9-22-11-14/h3,5,9,11,13,15,26H,2,4,6-8,10,12H2,1H3. The van der Waals surface area contributed by atoms with Gasteiger partial charge in [-0.2, -0.15) is 0 Å². The molecular formula is C21H24N4OS. The molecule has 1 aliphatic carbocycles. The van der Waals surface area contributed by atoms with Gasteiger partial charge in [-0.1, -0.05) is 0 Å². The summed E-state index contributed by atoms with van der Waals surface area (Å²) in [6.07, 6.45) is 9.03. The Hall–Kier alpha value is -2.05. The van der Waals surface area contributed by atoms with Crippen molar-refractivity contribution < 1.29 is 5.11 Å². The number of aliphatic hydroxyl groups excluding tert-OH is 1. The number of aryl methyl sites for hydroxylation is 2. The maximum absolute atomic E-state index is 10.1. The highest BCUT2D eigenvalue weighted by atomic mass is 32.1. The fourth-order valence-electron chi connectivity index (χ4n) is 4.43. The topological polar surface area (TPSA) is 62.1 Å². The number of pyridine rings is 1. The van der Waals surface area contributed by atoms with Crippen LogP contribution in [0.4, 0.5) is 5.82 Å². The summed E-state index contributed by atoms with van der Waals surface area (Å²) in [6.45, 7) is 3.76. The molecule has 4 heterocycles. The first-order valence-corrected chi connectivity index (χ1v) is 10.7. The molecule has 0 bridgehead atoms. The van der Waals surface area contributed by atoms with Gasteiger partial charge in [-0.25, -0.2) is 9.97 Å². The first kappa shape index (κ1) is 17.1. The van der Waals surface area contributed by atoms with E-state index in [2.05, 4.69) is 9.88 Å². The number of thiophene rings is 1. The van der Waals surface area contributed by atoms with Gasteiger partial charge in [-0.15, -0.1) is 11.3 Å². The third-order valence-corrected chi connectivity index (χ3v) is 7.09. The summed E-state index contributed by atoms with van der Waals surface area (Å²) in [7, 11) is 0. The van der Waals surface area contributed by atoms with Crippen molar-refractivity contribution in [2.45, 2.75) is 45.1 Å². The Morgan fingerprint density at radius 3 is 3.00 bits per heavy atom. The molecule has 2 unspecified atom stereocenters. The molecule has 2 aliphatic rings. The molecule has 3 aromatic rings. The summed E-state index contributed by atoms with van der Waals surface area (Å²) in [5, 5.41) is 11.4. The summed E-state index contributed by atoms with van der Waals surface area (Å²) in [6, 6.07) is 3.95. The number of anilines is 1. The quantitative estimate of drug-likeness (QED) is 0.748. The lowest BCUT2D eigenvalue weighted by atomic mass is 9.93. The molecule has 1 N–H and O–H groups in total. The van der Waals surface area contributed by atoms with Crippen LogP contribution in [0, 0.1) is 5.92 Å². The SMILES string of the molecule is CC(O)C1CCCN(c2nc(-c3cccnc3)nc3sc4c(c23)CCC4)C1. The maximum Gasteiger partial charge on any atom is 0.164 e. The minimum Gasteiger partial charge on any atom is -0.393 e.